The van der Waals surface area contributed by atoms with E-state index >= 15 is 0 Å². The number of pyridine rings is 1. The highest BCUT2D eigenvalue weighted by Crippen LogP contribution is 2.40. The molecule has 6 nitrogen and oxygen atoms in total. The maximum Gasteiger partial charge on any atom is 0.264 e. The summed E-state index contributed by atoms with van der Waals surface area (Å²) in [4.78, 5) is 34.7. The number of amides is 1. The van der Waals surface area contributed by atoms with Gasteiger partial charge >= 0.3 is 0 Å². The molecule has 0 aliphatic heterocycles. The molecule has 0 spiro atoms. The van der Waals surface area contributed by atoms with Crippen LogP contribution in [0.3, 0.4) is 0 Å². The molecule has 1 N–H and O–H groups in total. The van der Waals surface area contributed by atoms with Gasteiger partial charge in [-0.3, -0.25) is 19.6 Å². The summed E-state index contributed by atoms with van der Waals surface area (Å²) in [7, 11) is 0. The zero-order valence-electron chi connectivity index (χ0n) is 18.4. The fourth-order valence-electron chi connectivity index (χ4n) is 4.52. The van der Waals surface area contributed by atoms with Gasteiger partial charge < -0.3 is 9.88 Å². The fraction of sp³-hybridized carbons (Fsp3) is 0.360. The van der Waals surface area contributed by atoms with Crippen molar-refractivity contribution in [3.63, 3.8) is 0 Å². The topological polar surface area (TPSA) is 76.9 Å². The Kier molecular flexibility index (Phi) is 6.17. The summed E-state index contributed by atoms with van der Waals surface area (Å²) in [6, 6.07) is 8.38. The zero-order valence-corrected chi connectivity index (χ0v) is 18.4. The second-order valence-electron chi connectivity index (χ2n) is 8.64. The summed E-state index contributed by atoms with van der Waals surface area (Å²) in [6.07, 6.45) is 8.75. The van der Waals surface area contributed by atoms with Crippen molar-refractivity contribution in [1.82, 2.24) is 19.9 Å². The third-order valence-corrected chi connectivity index (χ3v) is 6.35. The average Bonchev–Trinajstić information content (AvgIpc) is 3.26. The lowest BCUT2D eigenvalue weighted by Crippen LogP contribution is -2.41. The molecule has 1 aromatic carbocycles. The minimum absolute atomic E-state index is 0.125. The van der Waals surface area contributed by atoms with Crippen LogP contribution in [0.2, 0.25) is 0 Å². The lowest BCUT2D eigenvalue weighted by Gasteiger charge is -2.30. The number of rotatable bonds is 6. The lowest BCUT2D eigenvalue weighted by molar-refractivity contribution is 0.0940. The van der Waals surface area contributed by atoms with E-state index < -0.39 is 5.91 Å². The molecule has 4 rings (SSSR count). The van der Waals surface area contributed by atoms with E-state index in [-0.39, 0.29) is 28.9 Å². The molecule has 166 valence electrons. The molecule has 0 unspecified atom stereocenters. The monoisotopic (exact) mass is 434 g/mol. The average molecular weight is 435 g/mol. The molecule has 0 saturated heterocycles. The first-order chi connectivity index (χ1) is 15.4. The van der Waals surface area contributed by atoms with Gasteiger partial charge in [-0.1, -0.05) is 25.0 Å². The van der Waals surface area contributed by atoms with E-state index in [1.165, 1.54) is 10.6 Å². The second kappa shape index (κ2) is 9.02. The van der Waals surface area contributed by atoms with E-state index in [1.807, 2.05) is 13.0 Å². The van der Waals surface area contributed by atoms with Gasteiger partial charge in [0, 0.05) is 24.4 Å². The van der Waals surface area contributed by atoms with E-state index in [9.17, 15) is 14.0 Å². The summed E-state index contributed by atoms with van der Waals surface area (Å²) in [6.45, 7) is 4.20. The van der Waals surface area contributed by atoms with Gasteiger partial charge in [-0.25, -0.2) is 4.39 Å². The normalized spacial score (nSPS) is 15.0. The van der Waals surface area contributed by atoms with Crippen molar-refractivity contribution < 1.29 is 9.18 Å². The standard InChI is InChI=1S/C25H27FN4O2/c1-17-8-11-30(15-21-14-27-18(2)13-28-21)24(32)22(17)23(31)29-16-25(9-3-4-10-25)19-6-5-7-20(26)12-19/h5-8,11-14H,3-4,9-10,15-16H2,1-2H3,(H,29,31). The molecule has 0 bridgehead atoms. The van der Waals surface area contributed by atoms with Crippen LogP contribution < -0.4 is 10.9 Å². The molecule has 3 aromatic rings. The van der Waals surface area contributed by atoms with Crippen LogP contribution in [-0.2, 0) is 12.0 Å². The Morgan fingerprint density at radius 3 is 2.62 bits per heavy atom. The summed E-state index contributed by atoms with van der Waals surface area (Å²) in [5.41, 5.74) is 2.40. The summed E-state index contributed by atoms with van der Waals surface area (Å²) >= 11 is 0. The summed E-state index contributed by atoms with van der Waals surface area (Å²) in [5.74, 6) is -0.680. The molecular formula is C25H27FN4O2. The molecule has 1 aliphatic rings. The van der Waals surface area contributed by atoms with Crippen molar-refractivity contribution in [2.75, 3.05) is 6.54 Å². The number of aryl methyl sites for hydroxylation is 2. The van der Waals surface area contributed by atoms with Gasteiger partial charge in [0.1, 0.15) is 11.4 Å². The maximum atomic E-state index is 13.9. The van der Waals surface area contributed by atoms with E-state index in [4.69, 9.17) is 0 Å². The Hall–Kier alpha value is -3.35. The van der Waals surface area contributed by atoms with Crippen LogP contribution in [0.15, 0.2) is 53.7 Å². The van der Waals surface area contributed by atoms with Gasteiger partial charge in [0.15, 0.2) is 0 Å². The van der Waals surface area contributed by atoms with Crippen LogP contribution in [0, 0.1) is 19.7 Å². The van der Waals surface area contributed by atoms with Crippen molar-refractivity contribution in [2.24, 2.45) is 0 Å². The van der Waals surface area contributed by atoms with Crippen molar-refractivity contribution in [3.8, 4) is 0 Å². The lowest BCUT2D eigenvalue weighted by atomic mass is 9.78. The molecule has 0 atom stereocenters. The first kappa shape index (κ1) is 21.9. The van der Waals surface area contributed by atoms with Crippen LogP contribution in [0.25, 0.3) is 0 Å². The van der Waals surface area contributed by atoms with E-state index in [0.717, 1.165) is 36.9 Å². The highest BCUT2D eigenvalue weighted by atomic mass is 19.1. The zero-order chi connectivity index (χ0) is 22.7. The first-order valence-corrected chi connectivity index (χ1v) is 10.9. The molecule has 1 saturated carbocycles. The van der Waals surface area contributed by atoms with Crippen LogP contribution in [0.5, 0.6) is 0 Å². The Morgan fingerprint density at radius 2 is 1.94 bits per heavy atom. The van der Waals surface area contributed by atoms with Crippen LogP contribution >= 0.6 is 0 Å². The minimum atomic E-state index is -0.403. The van der Waals surface area contributed by atoms with Gasteiger partial charge in [-0.05, 0) is 56.0 Å². The number of halogens is 1. The number of nitrogens with zero attached hydrogens (tertiary/aromatic N) is 3. The number of carbonyl (C=O) groups is 1. The third kappa shape index (κ3) is 4.47. The number of benzene rings is 1. The largest absolute Gasteiger partial charge is 0.351 e. The van der Waals surface area contributed by atoms with Crippen molar-refractivity contribution in [3.05, 3.63) is 93.2 Å². The molecule has 32 heavy (non-hydrogen) atoms. The molecule has 1 fully saturated rings. The van der Waals surface area contributed by atoms with Gasteiger partial charge in [-0.15, -0.1) is 0 Å². The van der Waals surface area contributed by atoms with Gasteiger partial charge in [0.25, 0.3) is 11.5 Å². The molecule has 7 heteroatoms. The van der Waals surface area contributed by atoms with Crippen molar-refractivity contribution in [2.45, 2.75) is 51.5 Å². The summed E-state index contributed by atoms with van der Waals surface area (Å²) in [5, 5.41) is 2.98. The van der Waals surface area contributed by atoms with Gasteiger partial charge in [0.2, 0.25) is 0 Å². The van der Waals surface area contributed by atoms with Gasteiger partial charge in [0.05, 0.1) is 24.1 Å². The number of hydrogen-bond donors (Lipinski definition) is 1. The van der Waals surface area contributed by atoms with E-state index in [2.05, 4.69) is 15.3 Å². The number of carbonyl (C=O) groups excluding carboxylic acids is 1. The molecule has 1 aliphatic carbocycles. The minimum Gasteiger partial charge on any atom is -0.351 e. The Balaban J connectivity index is 1.56. The fourth-order valence-corrected chi connectivity index (χ4v) is 4.52. The molecule has 0 radical (unpaired) electrons. The predicted molar refractivity (Wildman–Crippen MR) is 120 cm³/mol. The third-order valence-electron chi connectivity index (χ3n) is 6.35. The number of hydrogen-bond acceptors (Lipinski definition) is 4. The maximum absolute atomic E-state index is 13.9. The van der Waals surface area contributed by atoms with Crippen molar-refractivity contribution >= 4 is 5.91 Å². The van der Waals surface area contributed by atoms with Crippen LogP contribution in [-0.4, -0.2) is 27.0 Å². The highest BCUT2D eigenvalue weighted by molar-refractivity contribution is 5.95. The summed E-state index contributed by atoms with van der Waals surface area (Å²) < 4.78 is 15.3. The van der Waals surface area contributed by atoms with Crippen molar-refractivity contribution in [1.29, 1.82) is 0 Å². The number of nitrogens with one attached hydrogen (secondary N) is 1. The first-order valence-electron chi connectivity index (χ1n) is 10.9. The Labute approximate surface area is 186 Å². The molecular weight excluding hydrogens is 407 g/mol. The van der Waals surface area contributed by atoms with Gasteiger partial charge in [-0.2, -0.15) is 0 Å². The Bertz CT molecular complexity index is 1180. The predicted octanol–water partition coefficient (Wildman–Crippen LogP) is 3.68. The van der Waals surface area contributed by atoms with E-state index in [1.54, 1.807) is 43.7 Å². The molecule has 2 aromatic heterocycles. The Morgan fingerprint density at radius 1 is 1.16 bits per heavy atom. The second-order valence-corrected chi connectivity index (χ2v) is 8.64. The SMILES string of the molecule is Cc1cnc(Cn2ccc(C)c(C(=O)NCC3(c4cccc(F)c4)CCCC3)c2=O)cn1. The molecule has 2 heterocycles. The highest BCUT2D eigenvalue weighted by Gasteiger charge is 2.36. The quantitative estimate of drug-likeness (QED) is 0.642. The van der Waals surface area contributed by atoms with Crippen LogP contribution in [0.4, 0.5) is 4.39 Å². The van der Waals surface area contributed by atoms with E-state index in [0.29, 0.717) is 17.8 Å². The van der Waals surface area contributed by atoms with Crippen LogP contribution in [0.1, 0.15) is 58.6 Å². The number of aromatic nitrogens is 3. The molecule has 1 amide bonds. The smallest absolute Gasteiger partial charge is 0.264 e.